The summed E-state index contributed by atoms with van der Waals surface area (Å²) in [7, 11) is 2.69. The second-order valence-corrected chi connectivity index (χ2v) is 5.49. The number of carbonyl (C=O) groups excluding carboxylic acids is 1. The van der Waals surface area contributed by atoms with Crippen LogP contribution in [0.2, 0.25) is 0 Å². The molecule has 2 rings (SSSR count). The Bertz CT molecular complexity index is 484. The van der Waals surface area contributed by atoms with Gasteiger partial charge in [0.2, 0.25) is 5.78 Å². The Morgan fingerprint density at radius 2 is 2.14 bits per heavy atom. The van der Waals surface area contributed by atoms with Crippen molar-refractivity contribution >= 4 is 5.78 Å². The lowest BCUT2D eigenvalue weighted by molar-refractivity contribution is -0.241. The first-order chi connectivity index (χ1) is 10.3. The van der Waals surface area contributed by atoms with E-state index in [9.17, 15) is 18.0 Å². The SMILES string of the molecule is COC1=CC=CC2(CCCC2C(OC)OCC(F)(F)F)C1=O. The zero-order valence-electron chi connectivity index (χ0n) is 12.5. The molecule has 1 spiro atoms. The van der Waals surface area contributed by atoms with Gasteiger partial charge in [0.25, 0.3) is 0 Å². The lowest BCUT2D eigenvalue weighted by Gasteiger charge is -2.37. The molecule has 0 aromatic carbocycles. The maximum Gasteiger partial charge on any atom is 0.411 e. The molecule has 2 aliphatic rings. The maximum atomic E-state index is 12.6. The first kappa shape index (κ1) is 17.0. The predicted molar refractivity (Wildman–Crippen MR) is 71.8 cm³/mol. The monoisotopic (exact) mass is 320 g/mol. The molecule has 0 bridgehead atoms. The third kappa shape index (κ3) is 3.20. The van der Waals surface area contributed by atoms with Gasteiger partial charge in [0.15, 0.2) is 12.0 Å². The van der Waals surface area contributed by atoms with Crippen molar-refractivity contribution in [1.29, 1.82) is 0 Å². The Kier molecular flexibility index (Phi) is 4.97. The minimum Gasteiger partial charge on any atom is -0.493 e. The second kappa shape index (κ2) is 6.42. The van der Waals surface area contributed by atoms with E-state index < -0.39 is 30.4 Å². The van der Waals surface area contributed by atoms with Gasteiger partial charge in [0, 0.05) is 13.0 Å². The van der Waals surface area contributed by atoms with Crippen LogP contribution in [-0.2, 0) is 19.0 Å². The van der Waals surface area contributed by atoms with Crippen molar-refractivity contribution in [2.75, 3.05) is 20.8 Å². The first-order valence-electron chi connectivity index (χ1n) is 7.03. The third-order valence-electron chi connectivity index (χ3n) is 4.25. The molecule has 4 nitrogen and oxygen atoms in total. The first-order valence-corrected chi connectivity index (χ1v) is 7.03. The maximum absolute atomic E-state index is 12.6. The minimum atomic E-state index is -4.44. The molecule has 0 radical (unpaired) electrons. The Morgan fingerprint density at radius 1 is 1.41 bits per heavy atom. The van der Waals surface area contributed by atoms with Crippen LogP contribution in [0.4, 0.5) is 13.2 Å². The molecule has 0 heterocycles. The van der Waals surface area contributed by atoms with E-state index in [1.54, 1.807) is 18.2 Å². The average molecular weight is 320 g/mol. The van der Waals surface area contributed by atoms with Crippen LogP contribution in [0.15, 0.2) is 24.0 Å². The second-order valence-electron chi connectivity index (χ2n) is 5.49. The molecule has 0 aromatic heterocycles. The summed E-state index contributed by atoms with van der Waals surface area (Å²) < 4.78 is 52.2. The molecule has 0 saturated heterocycles. The topological polar surface area (TPSA) is 44.8 Å². The zero-order chi connectivity index (χ0) is 16.4. The Morgan fingerprint density at radius 3 is 2.73 bits per heavy atom. The van der Waals surface area contributed by atoms with E-state index >= 15 is 0 Å². The minimum absolute atomic E-state index is 0.208. The molecule has 7 heteroatoms. The van der Waals surface area contributed by atoms with E-state index in [0.717, 1.165) is 0 Å². The summed E-state index contributed by atoms with van der Waals surface area (Å²) in [6, 6.07) is 0. The van der Waals surface area contributed by atoms with Crippen LogP contribution in [0, 0.1) is 11.3 Å². The largest absolute Gasteiger partial charge is 0.493 e. The number of hydrogen-bond acceptors (Lipinski definition) is 4. The standard InChI is InChI=1S/C15H19F3O4/c1-20-11-6-4-8-14(12(11)19)7-3-5-10(14)13(21-2)22-9-15(16,17)18/h4,6,8,10,13H,3,5,7,9H2,1-2H3. The summed E-state index contributed by atoms with van der Waals surface area (Å²) >= 11 is 0. The summed E-state index contributed by atoms with van der Waals surface area (Å²) in [5.41, 5.74) is -0.910. The summed E-state index contributed by atoms with van der Waals surface area (Å²) in [4.78, 5) is 12.6. The Labute approximate surface area is 126 Å². The molecule has 0 aliphatic heterocycles. The van der Waals surface area contributed by atoms with Crippen LogP contribution < -0.4 is 0 Å². The molecule has 0 aromatic rings. The number of methoxy groups -OCH3 is 2. The Balaban J connectivity index is 2.20. The fourth-order valence-corrected chi connectivity index (χ4v) is 3.30. The smallest absolute Gasteiger partial charge is 0.411 e. The molecule has 22 heavy (non-hydrogen) atoms. The van der Waals surface area contributed by atoms with Gasteiger partial charge in [-0.2, -0.15) is 13.2 Å². The highest BCUT2D eigenvalue weighted by Gasteiger charge is 2.53. The molecule has 1 saturated carbocycles. The van der Waals surface area contributed by atoms with Gasteiger partial charge in [-0.1, -0.05) is 18.6 Å². The quantitative estimate of drug-likeness (QED) is 0.731. The van der Waals surface area contributed by atoms with E-state index in [-0.39, 0.29) is 11.5 Å². The number of rotatable bonds is 5. The number of Topliss-reactive ketones (excluding diaryl/α,β-unsaturated/α-hetero) is 1. The average Bonchev–Trinajstić information content (AvgIpc) is 2.86. The van der Waals surface area contributed by atoms with Crippen LogP contribution >= 0.6 is 0 Å². The van der Waals surface area contributed by atoms with Gasteiger partial charge >= 0.3 is 6.18 Å². The van der Waals surface area contributed by atoms with Gasteiger partial charge in [-0.05, 0) is 18.9 Å². The van der Waals surface area contributed by atoms with Crippen molar-refractivity contribution in [3.8, 4) is 0 Å². The van der Waals surface area contributed by atoms with E-state index in [2.05, 4.69) is 0 Å². The number of ketones is 1. The van der Waals surface area contributed by atoms with Gasteiger partial charge in [-0.25, -0.2) is 0 Å². The van der Waals surface area contributed by atoms with E-state index in [4.69, 9.17) is 14.2 Å². The number of ether oxygens (including phenoxy) is 3. The fourth-order valence-electron chi connectivity index (χ4n) is 3.30. The molecule has 1 fully saturated rings. The predicted octanol–water partition coefficient (Wildman–Crippen LogP) is 2.99. The lowest BCUT2D eigenvalue weighted by Crippen LogP contribution is -2.43. The number of allylic oxidation sites excluding steroid dienone is 4. The van der Waals surface area contributed by atoms with Gasteiger partial charge < -0.3 is 14.2 Å². The normalized spacial score (nSPS) is 29.8. The molecular formula is C15H19F3O4. The zero-order valence-corrected chi connectivity index (χ0v) is 12.5. The van der Waals surface area contributed by atoms with E-state index in [0.29, 0.717) is 19.3 Å². The third-order valence-corrected chi connectivity index (χ3v) is 4.25. The molecule has 2 aliphatic carbocycles. The van der Waals surface area contributed by atoms with Gasteiger partial charge in [0.05, 0.1) is 12.5 Å². The lowest BCUT2D eigenvalue weighted by atomic mass is 9.71. The van der Waals surface area contributed by atoms with E-state index in [1.807, 2.05) is 0 Å². The van der Waals surface area contributed by atoms with Crippen molar-refractivity contribution in [3.05, 3.63) is 24.0 Å². The fraction of sp³-hybridized carbons (Fsp3) is 0.667. The summed E-state index contributed by atoms with van der Waals surface area (Å²) in [6.45, 7) is -1.40. The molecular weight excluding hydrogens is 301 g/mol. The molecule has 124 valence electrons. The molecule has 0 N–H and O–H groups in total. The van der Waals surface area contributed by atoms with Crippen LogP contribution in [0.3, 0.4) is 0 Å². The summed E-state index contributed by atoms with van der Waals surface area (Å²) in [6.07, 6.45) is 1.29. The Hall–Kier alpha value is -1.34. The highest BCUT2D eigenvalue weighted by Crippen LogP contribution is 2.50. The number of halogens is 3. The van der Waals surface area contributed by atoms with Gasteiger partial charge in [0.1, 0.15) is 6.61 Å². The molecule has 0 amide bonds. The summed E-state index contributed by atoms with van der Waals surface area (Å²) in [5, 5.41) is 0. The van der Waals surface area contributed by atoms with Crippen LogP contribution in [0.1, 0.15) is 19.3 Å². The summed E-state index contributed by atoms with van der Waals surface area (Å²) in [5.74, 6) is -0.486. The molecule has 3 atom stereocenters. The van der Waals surface area contributed by atoms with Crippen molar-refractivity contribution in [2.24, 2.45) is 11.3 Å². The number of carbonyl (C=O) groups is 1. The van der Waals surface area contributed by atoms with Crippen LogP contribution in [0.25, 0.3) is 0 Å². The van der Waals surface area contributed by atoms with Gasteiger partial charge in [-0.3, -0.25) is 4.79 Å². The van der Waals surface area contributed by atoms with Gasteiger partial charge in [-0.15, -0.1) is 0 Å². The number of hydrogen-bond donors (Lipinski definition) is 0. The van der Waals surface area contributed by atoms with Crippen molar-refractivity contribution < 1.29 is 32.2 Å². The van der Waals surface area contributed by atoms with Crippen LogP contribution in [-0.4, -0.2) is 39.1 Å². The highest BCUT2D eigenvalue weighted by molar-refractivity contribution is 6.01. The molecule has 3 unspecified atom stereocenters. The van der Waals surface area contributed by atoms with Crippen molar-refractivity contribution in [3.63, 3.8) is 0 Å². The number of alkyl halides is 3. The van der Waals surface area contributed by atoms with Crippen molar-refractivity contribution in [1.82, 2.24) is 0 Å². The van der Waals surface area contributed by atoms with Crippen molar-refractivity contribution in [2.45, 2.75) is 31.7 Å². The van der Waals surface area contributed by atoms with Crippen LogP contribution in [0.5, 0.6) is 0 Å². The highest BCUT2D eigenvalue weighted by atomic mass is 19.4. The van der Waals surface area contributed by atoms with E-state index in [1.165, 1.54) is 14.2 Å².